The summed E-state index contributed by atoms with van der Waals surface area (Å²) < 4.78 is 12.1. The molecule has 2 aliphatic rings. The Balaban J connectivity index is 1.31. The first-order chi connectivity index (χ1) is 27.5. The highest BCUT2D eigenvalue weighted by atomic mass is 28.3. The SMILES string of the molecule is C=C1C2C(CCc3ccc4c(oc5nc(-c6c(C)cc(C)cc6C)ccc54)c3-c3cc(C(C)(C)C)cc[n+]31)c1ccccc1-c1cc(CC(C)C)c([Si](C)(C)C)c[n+]12. The molecule has 0 bridgehead atoms. The van der Waals surface area contributed by atoms with E-state index < -0.39 is 8.07 Å². The van der Waals surface area contributed by atoms with E-state index in [4.69, 9.17) is 16.0 Å². The minimum absolute atomic E-state index is 0.0306. The van der Waals surface area contributed by atoms with E-state index >= 15 is 0 Å². The lowest BCUT2D eigenvalue weighted by molar-refractivity contribution is -0.726. The van der Waals surface area contributed by atoms with Gasteiger partial charge in [-0.3, -0.25) is 0 Å². The highest BCUT2D eigenvalue weighted by Crippen LogP contribution is 2.47. The van der Waals surface area contributed by atoms with Crippen molar-refractivity contribution in [3.8, 4) is 33.8 Å². The number of hydrogen-bond donors (Lipinski definition) is 0. The summed E-state index contributed by atoms with van der Waals surface area (Å²) in [6, 6.07) is 30.0. The molecule has 0 saturated carbocycles. The summed E-state index contributed by atoms with van der Waals surface area (Å²) in [5.41, 5.74) is 18.9. The number of aromatic nitrogens is 3. The Bertz CT molecular complexity index is 2800. The van der Waals surface area contributed by atoms with Gasteiger partial charge in [0, 0.05) is 45.3 Å². The van der Waals surface area contributed by atoms with E-state index in [1.807, 2.05) is 0 Å². The van der Waals surface area contributed by atoms with Gasteiger partial charge in [-0.15, -0.1) is 0 Å². The molecule has 0 aliphatic carbocycles. The Morgan fingerprint density at radius 1 is 0.862 bits per heavy atom. The van der Waals surface area contributed by atoms with Crippen LogP contribution in [0.4, 0.5) is 0 Å². The summed E-state index contributed by atoms with van der Waals surface area (Å²) in [4.78, 5) is 5.24. The van der Waals surface area contributed by atoms with Crippen molar-refractivity contribution < 1.29 is 13.6 Å². The highest BCUT2D eigenvalue weighted by molar-refractivity contribution is 6.89. The fraction of sp³-hybridized carbons (Fsp3) is 0.340. The van der Waals surface area contributed by atoms with Crippen LogP contribution >= 0.6 is 0 Å². The Morgan fingerprint density at radius 3 is 2.29 bits per heavy atom. The molecular formula is C53H59N3OSi+2. The number of fused-ring (bicyclic) bond motifs is 13. The summed E-state index contributed by atoms with van der Waals surface area (Å²) in [6.07, 6.45) is 7.83. The molecule has 4 aromatic heterocycles. The lowest BCUT2D eigenvalue weighted by Gasteiger charge is -2.31. The second-order valence-electron chi connectivity index (χ2n) is 19.8. The number of aryl methyl sites for hydroxylation is 4. The Morgan fingerprint density at radius 2 is 1.59 bits per heavy atom. The highest BCUT2D eigenvalue weighted by Gasteiger charge is 2.48. The lowest BCUT2D eigenvalue weighted by atomic mass is 9.78. The maximum absolute atomic E-state index is 7.05. The molecule has 4 nitrogen and oxygen atoms in total. The van der Waals surface area contributed by atoms with Gasteiger partial charge in [0.05, 0.1) is 25.2 Å². The van der Waals surface area contributed by atoms with Crippen molar-refractivity contribution in [2.75, 3.05) is 0 Å². The van der Waals surface area contributed by atoms with Crippen LogP contribution < -0.4 is 14.3 Å². The second-order valence-corrected chi connectivity index (χ2v) is 24.9. The first kappa shape index (κ1) is 38.4. The van der Waals surface area contributed by atoms with Crippen LogP contribution in [0.15, 0.2) is 102 Å². The van der Waals surface area contributed by atoms with Gasteiger partial charge in [-0.05, 0) is 110 Å². The molecule has 5 heteroatoms. The number of benzene rings is 3. The number of rotatable bonds is 4. The largest absolute Gasteiger partial charge is 0.437 e. The molecule has 58 heavy (non-hydrogen) atoms. The Hall–Kier alpha value is -5.13. The van der Waals surface area contributed by atoms with Crippen LogP contribution in [-0.4, -0.2) is 13.1 Å². The molecule has 0 amide bonds. The van der Waals surface area contributed by atoms with Crippen LogP contribution in [0.1, 0.15) is 91.9 Å². The summed E-state index contributed by atoms with van der Waals surface area (Å²) in [6.45, 7) is 30.7. The molecule has 7 aromatic rings. The van der Waals surface area contributed by atoms with Gasteiger partial charge in [0.25, 0.3) is 0 Å². The van der Waals surface area contributed by atoms with Gasteiger partial charge in [0.1, 0.15) is 0 Å². The van der Waals surface area contributed by atoms with Crippen molar-refractivity contribution in [3.05, 3.63) is 137 Å². The van der Waals surface area contributed by atoms with Gasteiger partial charge in [0.15, 0.2) is 18.0 Å². The maximum Gasteiger partial charge on any atom is 0.249 e. The quantitative estimate of drug-likeness (QED) is 0.132. The summed E-state index contributed by atoms with van der Waals surface area (Å²) in [5, 5.41) is 3.70. The number of pyridine rings is 3. The molecule has 9 rings (SSSR count). The smallest absolute Gasteiger partial charge is 0.249 e. The molecule has 3 aromatic carbocycles. The van der Waals surface area contributed by atoms with Gasteiger partial charge in [-0.25, -0.2) is 4.98 Å². The summed E-state index contributed by atoms with van der Waals surface area (Å²) in [7, 11) is -1.72. The molecule has 0 spiro atoms. The zero-order valence-electron chi connectivity index (χ0n) is 36.5. The summed E-state index contributed by atoms with van der Waals surface area (Å²) >= 11 is 0. The maximum atomic E-state index is 7.05. The van der Waals surface area contributed by atoms with E-state index in [9.17, 15) is 0 Å². The molecular weight excluding hydrogens is 723 g/mol. The number of hydrogen-bond acceptors (Lipinski definition) is 2. The molecule has 0 saturated heterocycles. The van der Waals surface area contributed by atoms with Crippen molar-refractivity contribution in [2.24, 2.45) is 5.92 Å². The summed E-state index contributed by atoms with van der Waals surface area (Å²) in [5.74, 6) is 0.812. The number of furan rings is 1. The molecule has 2 atom stereocenters. The monoisotopic (exact) mass is 781 g/mol. The average molecular weight is 782 g/mol. The first-order valence-corrected chi connectivity index (χ1v) is 24.9. The van der Waals surface area contributed by atoms with Crippen LogP contribution in [0, 0.1) is 26.7 Å². The molecule has 0 N–H and O–H groups in total. The predicted molar refractivity (Wildman–Crippen MR) is 245 cm³/mol. The number of nitrogens with zero attached hydrogens (tertiary/aromatic N) is 3. The van der Waals surface area contributed by atoms with Gasteiger partial charge < -0.3 is 4.42 Å². The van der Waals surface area contributed by atoms with E-state index in [1.165, 1.54) is 55.8 Å². The molecule has 0 fully saturated rings. The molecule has 2 aliphatic heterocycles. The van der Waals surface area contributed by atoms with Crippen LogP contribution in [0.2, 0.25) is 19.6 Å². The normalized spacial score (nSPS) is 16.7. The second kappa shape index (κ2) is 13.7. The van der Waals surface area contributed by atoms with Crippen molar-refractivity contribution in [1.82, 2.24) is 4.98 Å². The Labute approximate surface area is 346 Å². The minimum atomic E-state index is -1.72. The van der Waals surface area contributed by atoms with E-state index in [2.05, 4.69) is 175 Å². The van der Waals surface area contributed by atoms with E-state index in [-0.39, 0.29) is 17.4 Å². The zero-order valence-corrected chi connectivity index (χ0v) is 37.5. The molecule has 294 valence electrons. The average Bonchev–Trinajstić information content (AvgIpc) is 3.54. The third-order valence-electron chi connectivity index (χ3n) is 12.9. The fourth-order valence-corrected chi connectivity index (χ4v) is 12.0. The van der Waals surface area contributed by atoms with E-state index in [0.717, 1.165) is 58.3 Å². The van der Waals surface area contributed by atoms with Gasteiger partial charge in [0.2, 0.25) is 28.8 Å². The van der Waals surface area contributed by atoms with Crippen molar-refractivity contribution >= 4 is 41.0 Å². The van der Waals surface area contributed by atoms with Crippen molar-refractivity contribution in [1.29, 1.82) is 0 Å². The fourth-order valence-electron chi connectivity index (χ4n) is 10.3. The number of allylic oxidation sites excluding steroid dienone is 1. The van der Waals surface area contributed by atoms with Gasteiger partial charge in [-0.1, -0.05) is 102 Å². The topological polar surface area (TPSA) is 33.8 Å². The minimum Gasteiger partial charge on any atom is -0.437 e. The van der Waals surface area contributed by atoms with Crippen LogP contribution in [0.3, 0.4) is 0 Å². The molecule has 6 heterocycles. The standard InChI is InChI=1S/C53H59N3OSi/c1-31(2)25-37-28-45-40-16-14-13-15-39(40)41-19-17-36-18-20-42-43-21-22-44(48-33(4)26-32(3)27-34(48)5)54-52(43)57-51(42)49(36)46-29-38(53(7,8)9)23-24-55(46)35(6)50(41)56(45)30-47(37)58(10,11)12/h13-16,18,20-24,26-31,41,50H,6,17,19,25H2,1-5,7-12H3/q+2. The van der Waals surface area contributed by atoms with Gasteiger partial charge in [-0.2, -0.15) is 9.13 Å². The van der Waals surface area contributed by atoms with Crippen LogP contribution in [0.25, 0.3) is 61.5 Å². The van der Waals surface area contributed by atoms with Crippen molar-refractivity contribution in [3.63, 3.8) is 0 Å². The van der Waals surface area contributed by atoms with E-state index in [0.29, 0.717) is 11.6 Å². The first-order valence-electron chi connectivity index (χ1n) is 21.4. The predicted octanol–water partition coefficient (Wildman–Crippen LogP) is 12.3. The van der Waals surface area contributed by atoms with Gasteiger partial charge >= 0.3 is 0 Å². The molecule has 0 radical (unpaired) electrons. The van der Waals surface area contributed by atoms with E-state index in [1.54, 1.807) is 5.19 Å². The van der Waals surface area contributed by atoms with Crippen LogP contribution in [0.5, 0.6) is 0 Å². The van der Waals surface area contributed by atoms with Crippen LogP contribution in [-0.2, 0) is 18.3 Å². The zero-order chi connectivity index (χ0) is 41.0. The third-order valence-corrected chi connectivity index (χ3v) is 15.0. The van der Waals surface area contributed by atoms with Crippen molar-refractivity contribution in [2.45, 2.75) is 112 Å². The molecule has 2 unspecified atom stereocenters. The lowest BCUT2D eigenvalue weighted by Crippen LogP contribution is -2.57. The third kappa shape index (κ3) is 6.28. The Kier molecular flexibility index (Phi) is 9.09.